The maximum absolute atomic E-state index is 5.87. The molecule has 6 heteroatoms. The predicted octanol–water partition coefficient (Wildman–Crippen LogP) is 1.60. The molecule has 0 atom stereocenters. The van der Waals surface area contributed by atoms with Crippen molar-refractivity contribution >= 4 is 22.8 Å². The molecule has 0 amide bonds. The first-order valence-electron chi connectivity index (χ1n) is 4.57. The molecule has 2 aromatic heterocycles. The fourth-order valence-electron chi connectivity index (χ4n) is 1.61. The minimum absolute atomic E-state index is 0.376. The van der Waals surface area contributed by atoms with Gasteiger partial charge in [0.25, 0.3) is 0 Å². The Morgan fingerprint density at radius 1 is 1.36 bits per heavy atom. The number of nitrogens with zero attached hydrogens (tertiary/aromatic N) is 5. The summed E-state index contributed by atoms with van der Waals surface area (Å²) >= 11 is 5.87. The summed E-state index contributed by atoms with van der Waals surface area (Å²) in [6, 6.07) is 0.450. The van der Waals surface area contributed by atoms with Crippen molar-refractivity contribution in [2.45, 2.75) is 25.3 Å². The smallest absolute Gasteiger partial charge is 0.183 e. The van der Waals surface area contributed by atoms with Crippen molar-refractivity contribution in [2.24, 2.45) is 0 Å². The van der Waals surface area contributed by atoms with Gasteiger partial charge < -0.3 is 0 Å². The average molecular weight is 210 g/mol. The van der Waals surface area contributed by atoms with Gasteiger partial charge in [0.1, 0.15) is 6.33 Å². The maximum Gasteiger partial charge on any atom is 0.183 e. The normalized spacial score (nSPS) is 17.2. The van der Waals surface area contributed by atoms with Gasteiger partial charge in [0.05, 0.1) is 6.04 Å². The van der Waals surface area contributed by atoms with Crippen LogP contribution in [0, 0.1) is 0 Å². The Kier molecular flexibility index (Phi) is 1.67. The molecule has 2 heterocycles. The zero-order valence-corrected chi connectivity index (χ0v) is 8.15. The summed E-state index contributed by atoms with van der Waals surface area (Å²) in [4.78, 5) is 8.01. The molecule has 0 aliphatic heterocycles. The lowest BCUT2D eigenvalue weighted by Gasteiger charge is -2.24. The molecule has 1 aliphatic rings. The highest BCUT2D eigenvalue weighted by atomic mass is 35.5. The van der Waals surface area contributed by atoms with E-state index in [9.17, 15) is 0 Å². The molecular formula is C8H8ClN5. The Balaban J connectivity index is 2.20. The fourth-order valence-corrected chi connectivity index (χ4v) is 1.78. The highest BCUT2D eigenvalue weighted by molar-refractivity contribution is 6.33. The monoisotopic (exact) mass is 209 g/mol. The van der Waals surface area contributed by atoms with Crippen LogP contribution in [0.25, 0.3) is 11.2 Å². The molecule has 14 heavy (non-hydrogen) atoms. The standard InChI is InChI=1S/C8H8ClN5/c9-7-6-8(11-4-10-7)14(13-12-6)5-2-1-3-5/h4-5H,1-3H2. The summed E-state index contributed by atoms with van der Waals surface area (Å²) in [5.74, 6) is 0. The molecule has 3 rings (SSSR count). The van der Waals surface area contributed by atoms with Crippen LogP contribution in [-0.4, -0.2) is 25.0 Å². The van der Waals surface area contributed by atoms with Gasteiger partial charge >= 0.3 is 0 Å². The van der Waals surface area contributed by atoms with Crippen LogP contribution in [0.4, 0.5) is 0 Å². The zero-order chi connectivity index (χ0) is 9.54. The molecular weight excluding hydrogens is 202 g/mol. The predicted molar refractivity (Wildman–Crippen MR) is 51.0 cm³/mol. The average Bonchev–Trinajstić information content (AvgIpc) is 2.48. The summed E-state index contributed by atoms with van der Waals surface area (Å²) in [5, 5.41) is 8.41. The van der Waals surface area contributed by atoms with Gasteiger partial charge in [-0.25, -0.2) is 14.6 Å². The van der Waals surface area contributed by atoms with Gasteiger partial charge in [-0.15, -0.1) is 5.10 Å². The van der Waals surface area contributed by atoms with Gasteiger partial charge in [0, 0.05) is 0 Å². The Labute approximate surface area is 85.1 Å². The largest absolute Gasteiger partial charge is 0.224 e. The van der Waals surface area contributed by atoms with E-state index in [0.717, 1.165) is 18.5 Å². The lowest BCUT2D eigenvalue weighted by molar-refractivity contribution is 0.290. The first-order valence-corrected chi connectivity index (χ1v) is 4.95. The first kappa shape index (κ1) is 8.11. The van der Waals surface area contributed by atoms with Crippen molar-refractivity contribution in [1.82, 2.24) is 25.0 Å². The van der Waals surface area contributed by atoms with E-state index in [1.807, 2.05) is 4.68 Å². The van der Waals surface area contributed by atoms with Crippen molar-refractivity contribution in [2.75, 3.05) is 0 Å². The van der Waals surface area contributed by atoms with Gasteiger partial charge in [-0.3, -0.25) is 0 Å². The van der Waals surface area contributed by atoms with Crippen LogP contribution in [0.1, 0.15) is 25.3 Å². The molecule has 0 aromatic carbocycles. The summed E-state index contributed by atoms with van der Waals surface area (Å²) in [7, 11) is 0. The Bertz CT molecular complexity index is 476. The molecule has 0 radical (unpaired) electrons. The summed E-state index contributed by atoms with van der Waals surface area (Å²) in [6.07, 6.45) is 5.01. The van der Waals surface area contributed by atoms with Crippen molar-refractivity contribution in [3.05, 3.63) is 11.5 Å². The van der Waals surface area contributed by atoms with E-state index >= 15 is 0 Å². The molecule has 0 unspecified atom stereocenters. The summed E-state index contributed by atoms with van der Waals surface area (Å²) in [5.41, 5.74) is 1.34. The number of rotatable bonds is 1. The van der Waals surface area contributed by atoms with Gasteiger partial charge in [-0.05, 0) is 19.3 Å². The Morgan fingerprint density at radius 3 is 2.93 bits per heavy atom. The highest BCUT2D eigenvalue weighted by Crippen LogP contribution is 2.32. The minimum Gasteiger partial charge on any atom is -0.224 e. The SMILES string of the molecule is Clc1ncnc2c1nnn2C1CCC1. The fraction of sp³-hybridized carbons (Fsp3) is 0.500. The quantitative estimate of drug-likeness (QED) is 0.670. The second-order valence-corrected chi connectivity index (χ2v) is 3.81. The number of fused-ring (bicyclic) bond motifs is 1. The van der Waals surface area contributed by atoms with E-state index < -0.39 is 0 Å². The van der Waals surface area contributed by atoms with Crippen LogP contribution < -0.4 is 0 Å². The molecule has 1 aliphatic carbocycles. The number of halogens is 1. The molecule has 1 fully saturated rings. The summed E-state index contributed by atoms with van der Waals surface area (Å²) in [6.45, 7) is 0. The van der Waals surface area contributed by atoms with Crippen LogP contribution in [0.3, 0.4) is 0 Å². The van der Waals surface area contributed by atoms with Crippen molar-refractivity contribution < 1.29 is 0 Å². The molecule has 0 saturated heterocycles. The Morgan fingerprint density at radius 2 is 2.21 bits per heavy atom. The molecule has 5 nitrogen and oxygen atoms in total. The van der Waals surface area contributed by atoms with E-state index in [0.29, 0.717) is 16.7 Å². The molecule has 0 N–H and O–H groups in total. The third-order valence-electron chi connectivity index (χ3n) is 2.64. The van der Waals surface area contributed by atoms with Crippen LogP contribution in [-0.2, 0) is 0 Å². The van der Waals surface area contributed by atoms with E-state index in [2.05, 4.69) is 20.3 Å². The van der Waals surface area contributed by atoms with Crippen LogP contribution in [0.15, 0.2) is 6.33 Å². The topological polar surface area (TPSA) is 56.5 Å². The van der Waals surface area contributed by atoms with Crippen molar-refractivity contribution in [1.29, 1.82) is 0 Å². The second-order valence-electron chi connectivity index (χ2n) is 3.46. The number of hydrogen-bond donors (Lipinski definition) is 0. The molecule has 72 valence electrons. The van der Waals surface area contributed by atoms with E-state index in [-0.39, 0.29) is 0 Å². The van der Waals surface area contributed by atoms with Crippen LogP contribution in [0.2, 0.25) is 5.15 Å². The first-order chi connectivity index (χ1) is 6.86. The Hall–Kier alpha value is -1.23. The molecule has 0 spiro atoms. The molecule has 2 aromatic rings. The summed E-state index contributed by atoms with van der Waals surface area (Å²) < 4.78 is 1.85. The zero-order valence-electron chi connectivity index (χ0n) is 7.39. The molecule has 1 saturated carbocycles. The van der Waals surface area contributed by atoms with E-state index in [4.69, 9.17) is 11.6 Å². The van der Waals surface area contributed by atoms with Gasteiger partial charge in [0.2, 0.25) is 0 Å². The lowest BCUT2D eigenvalue weighted by atomic mass is 9.93. The maximum atomic E-state index is 5.87. The van der Waals surface area contributed by atoms with Crippen molar-refractivity contribution in [3.63, 3.8) is 0 Å². The second kappa shape index (κ2) is 2.88. The van der Waals surface area contributed by atoms with Gasteiger partial charge in [0.15, 0.2) is 16.3 Å². The van der Waals surface area contributed by atoms with Gasteiger partial charge in [-0.1, -0.05) is 16.8 Å². The van der Waals surface area contributed by atoms with Crippen molar-refractivity contribution in [3.8, 4) is 0 Å². The third kappa shape index (κ3) is 1.02. The third-order valence-corrected chi connectivity index (χ3v) is 2.91. The van der Waals surface area contributed by atoms with E-state index in [1.54, 1.807) is 0 Å². The number of aromatic nitrogens is 5. The van der Waals surface area contributed by atoms with Crippen LogP contribution >= 0.6 is 11.6 Å². The van der Waals surface area contributed by atoms with E-state index in [1.165, 1.54) is 12.7 Å². The number of hydrogen-bond acceptors (Lipinski definition) is 4. The minimum atomic E-state index is 0.376. The van der Waals surface area contributed by atoms with Crippen LogP contribution in [0.5, 0.6) is 0 Å². The molecule has 0 bridgehead atoms. The lowest BCUT2D eigenvalue weighted by Crippen LogP contribution is -2.18. The highest BCUT2D eigenvalue weighted by Gasteiger charge is 2.23. The van der Waals surface area contributed by atoms with Gasteiger partial charge in [-0.2, -0.15) is 0 Å².